The first-order valence-electron chi connectivity index (χ1n) is 5.09. The molecule has 0 saturated carbocycles. The summed E-state index contributed by atoms with van der Waals surface area (Å²) >= 11 is 18.1. The molecular weight excluding hydrogens is 291 g/mol. The molecule has 0 saturated heterocycles. The van der Waals surface area contributed by atoms with Crippen molar-refractivity contribution in [2.45, 2.75) is 6.42 Å². The van der Waals surface area contributed by atoms with E-state index in [1.54, 1.807) is 24.3 Å². The second kappa shape index (κ2) is 5.58. The Morgan fingerprint density at radius 2 is 1.78 bits per heavy atom. The zero-order valence-electron chi connectivity index (χ0n) is 9.12. The summed E-state index contributed by atoms with van der Waals surface area (Å²) in [7, 11) is 0. The molecule has 0 bridgehead atoms. The van der Waals surface area contributed by atoms with Gasteiger partial charge in [-0.1, -0.05) is 40.9 Å². The van der Waals surface area contributed by atoms with Crippen LogP contribution in [-0.2, 0) is 6.42 Å². The molecule has 5 heteroatoms. The summed E-state index contributed by atoms with van der Waals surface area (Å²) in [5.41, 5.74) is 1.94. The number of nitriles is 1. The van der Waals surface area contributed by atoms with Gasteiger partial charge < -0.3 is 0 Å². The summed E-state index contributed by atoms with van der Waals surface area (Å²) in [6.45, 7) is 0. The van der Waals surface area contributed by atoms with Gasteiger partial charge in [-0.3, -0.25) is 4.98 Å². The first-order chi connectivity index (χ1) is 8.61. The van der Waals surface area contributed by atoms with Gasteiger partial charge in [0.05, 0.1) is 33.9 Å². The van der Waals surface area contributed by atoms with E-state index in [1.807, 2.05) is 6.07 Å². The maximum Gasteiger partial charge on any atom is 0.0774 e. The SMILES string of the molecule is N#CCc1cccc(-c2c(Cl)cc(Cl)cc2Cl)n1. The van der Waals surface area contributed by atoms with E-state index in [-0.39, 0.29) is 6.42 Å². The lowest BCUT2D eigenvalue weighted by Gasteiger charge is -2.08. The third-order valence-corrected chi connectivity index (χ3v) is 3.14. The fraction of sp³-hybridized carbons (Fsp3) is 0.0769. The molecule has 0 radical (unpaired) electrons. The summed E-state index contributed by atoms with van der Waals surface area (Å²) in [4.78, 5) is 4.35. The Bertz CT molecular complexity index is 609. The van der Waals surface area contributed by atoms with Crippen LogP contribution in [0.1, 0.15) is 5.69 Å². The van der Waals surface area contributed by atoms with E-state index in [4.69, 9.17) is 40.1 Å². The van der Waals surface area contributed by atoms with Crippen LogP contribution < -0.4 is 0 Å². The fourth-order valence-corrected chi connectivity index (χ4v) is 2.60. The first-order valence-corrected chi connectivity index (χ1v) is 6.23. The molecule has 90 valence electrons. The van der Waals surface area contributed by atoms with Gasteiger partial charge in [0.15, 0.2) is 0 Å². The van der Waals surface area contributed by atoms with Crippen molar-refractivity contribution in [1.82, 2.24) is 4.98 Å². The second-order valence-electron chi connectivity index (χ2n) is 3.59. The van der Waals surface area contributed by atoms with Crippen LogP contribution in [0.15, 0.2) is 30.3 Å². The number of benzene rings is 1. The van der Waals surface area contributed by atoms with Crippen molar-refractivity contribution in [3.05, 3.63) is 51.1 Å². The van der Waals surface area contributed by atoms with Crippen LogP contribution in [0.4, 0.5) is 0 Å². The van der Waals surface area contributed by atoms with Crippen LogP contribution in [0.5, 0.6) is 0 Å². The Kier molecular flexibility index (Phi) is 4.08. The number of halogens is 3. The first kappa shape index (κ1) is 13.2. The lowest BCUT2D eigenvalue weighted by Crippen LogP contribution is -1.92. The van der Waals surface area contributed by atoms with Gasteiger partial charge in [0, 0.05) is 10.6 Å². The number of nitrogens with zero attached hydrogens (tertiary/aromatic N) is 2. The highest BCUT2D eigenvalue weighted by Gasteiger charge is 2.11. The average Bonchev–Trinajstić information content (AvgIpc) is 2.28. The number of pyridine rings is 1. The monoisotopic (exact) mass is 296 g/mol. The van der Waals surface area contributed by atoms with E-state index in [0.29, 0.717) is 32.0 Å². The van der Waals surface area contributed by atoms with Crippen LogP contribution >= 0.6 is 34.8 Å². The molecule has 1 aromatic heterocycles. The van der Waals surface area contributed by atoms with Crippen LogP contribution in [-0.4, -0.2) is 4.98 Å². The fourth-order valence-electron chi connectivity index (χ4n) is 1.59. The Balaban J connectivity index is 2.56. The topological polar surface area (TPSA) is 36.7 Å². The van der Waals surface area contributed by atoms with E-state index in [0.717, 1.165) is 0 Å². The molecule has 0 spiro atoms. The minimum absolute atomic E-state index is 0.247. The van der Waals surface area contributed by atoms with Gasteiger partial charge in [0.2, 0.25) is 0 Å². The minimum atomic E-state index is 0.247. The Hall–Kier alpha value is -1.27. The lowest BCUT2D eigenvalue weighted by atomic mass is 10.1. The van der Waals surface area contributed by atoms with Crippen molar-refractivity contribution in [3.8, 4) is 17.3 Å². The van der Waals surface area contributed by atoms with Gasteiger partial charge in [0.1, 0.15) is 0 Å². The molecule has 0 aliphatic carbocycles. The van der Waals surface area contributed by atoms with Gasteiger partial charge in [-0.05, 0) is 24.3 Å². The molecule has 2 nitrogen and oxygen atoms in total. The predicted molar refractivity (Wildman–Crippen MR) is 74.0 cm³/mol. The number of rotatable bonds is 2. The molecule has 0 amide bonds. The minimum Gasteiger partial charge on any atom is -0.252 e. The highest BCUT2D eigenvalue weighted by atomic mass is 35.5. The van der Waals surface area contributed by atoms with Gasteiger partial charge in [0.25, 0.3) is 0 Å². The Morgan fingerprint density at radius 1 is 1.11 bits per heavy atom. The molecule has 0 atom stereocenters. The van der Waals surface area contributed by atoms with Crippen molar-refractivity contribution >= 4 is 34.8 Å². The highest BCUT2D eigenvalue weighted by Crippen LogP contribution is 2.36. The van der Waals surface area contributed by atoms with E-state index < -0.39 is 0 Å². The second-order valence-corrected chi connectivity index (χ2v) is 4.84. The summed E-state index contributed by atoms with van der Waals surface area (Å²) in [5.74, 6) is 0. The Morgan fingerprint density at radius 3 is 2.39 bits per heavy atom. The molecular formula is C13H7Cl3N2. The maximum absolute atomic E-state index is 8.67. The average molecular weight is 298 g/mol. The molecule has 1 heterocycles. The predicted octanol–water partition coefficient (Wildman–Crippen LogP) is 4.77. The standard InChI is InChI=1S/C13H7Cl3N2/c14-8-6-10(15)13(11(16)7-8)12-3-1-2-9(18-12)4-5-17/h1-3,6-7H,4H2. The zero-order chi connectivity index (χ0) is 13.1. The van der Waals surface area contributed by atoms with Crippen LogP contribution in [0.25, 0.3) is 11.3 Å². The largest absolute Gasteiger partial charge is 0.252 e. The van der Waals surface area contributed by atoms with E-state index >= 15 is 0 Å². The molecule has 0 fully saturated rings. The third kappa shape index (κ3) is 2.76. The van der Waals surface area contributed by atoms with Gasteiger partial charge >= 0.3 is 0 Å². The van der Waals surface area contributed by atoms with Crippen LogP contribution in [0.2, 0.25) is 15.1 Å². The summed E-state index contributed by atoms with van der Waals surface area (Å²) in [6, 6.07) is 10.7. The smallest absolute Gasteiger partial charge is 0.0774 e. The van der Waals surface area contributed by atoms with Crippen molar-refractivity contribution in [3.63, 3.8) is 0 Å². The molecule has 0 aliphatic rings. The van der Waals surface area contributed by atoms with Gasteiger partial charge in [-0.2, -0.15) is 5.26 Å². The van der Waals surface area contributed by atoms with Crippen molar-refractivity contribution in [2.75, 3.05) is 0 Å². The van der Waals surface area contributed by atoms with E-state index in [1.165, 1.54) is 0 Å². The van der Waals surface area contributed by atoms with Crippen molar-refractivity contribution in [2.24, 2.45) is 0 Å². The third-order valence-electron chi connectivity index (χ3n) is 2.33. The van der Waals surface area contributed by atoms with Crippen molar-refractivity contribution < 1.29 is 0 Å². The molecule has 1 aromatic carbocycles. The summed E-state index contributed by atoms with van der Waals surface area (Å²) < 4.78 is 0. The van der Waals surface area contributed by atoms with Gasteiger partial charge in [-0.25, -0.2) is 0 Å². The number of hydrogen-bond acceptors (Lipinski definition) is 2. The van der Waals surface area contributed by atoms with E-state index in [2.05, 4.69) is 11.1 Å². The Labute approximate surface area is 120 Å². The van der Waals surface area contributed by atoms with Crippen molar-refractivity contribution in [1.29, 1.82) is 5.26 Å². The lowest BCUT2D eigenvalue weighted by molar-refractivity contribution is 1.12. The maximum atomic E-state index is 8.67. The molecule has 18 heavy (non-hydrogen) atoms. The molecule has 0 unspecified atom stereocenters. The molecule has 0 aliphatic heterocycles. The van der Waals surface area contributed by atoms with Crippen LogP contribution in [0.3, 0.4) is 0 Å². The normalized spacial score (nSPS) is 10.1. The molecule has 2 aromatic rings. The summed E-state index contributed by atoms with van der Waals surface area (Å²) in [5, 5.41) is 10.0. The molecule has 2 rings (SSSR count). The van der Waals surface area contributed by atoms with Gasteiger partial charge in [-0.15, -0.1) is 0 Å². The quantitative estimate of drug-likeness (QED) is 0.800. The van der Waals surface area contributed by atoms with Crippen LogP contribution in [0, 0.1) is 11.3 Å². The molecule has 0 N–H and O–H groups in total. The highest BCUT2D eigenvalue weighted by molar-refractivity contribution is 6.41. The zero-order valence-corrected chi connectivity index (χ0v) is 11.4. The number of aromatic nitrogens is 1. The van der Waals surface area contributed by atoms with E-state index in [9.17, 15) is 0 Å². The number of hydrogen-bond donors (Lipinski definition) is 0. The summed E-state index contributed by atoms with van der Waals surface area (Å²) in [6.07, 6.45) is 0.247.